The van der Waals surface area contributed by atoms with Crippen molar-refractivity contribution in [2.45, 2.75) is 38.7 Å². The summed E-state index contributed by atoms with van der Waals surface area (Å²) in [4.78, 5) is 22.1. The molecule has 15 heavy (non-hydrogen) atoms. The molecule has 5 heteroatoms. The molecule has 2 N–H and O–H groups in total. The molecule has 0 aliphatic carbocycles. The molecule has 0 rings (SSSR count). The zero-order valence-electron chi connectivity index (χ0n) is 8.94. The highest BCUT2D eigenvalue weighted by molar-refractivity contribution is 5.95. The molecule has 0 aliphatic heterocycles. The first-order valence-electron chi connectivity index (χ1n) is 5.06. The SMILES string of the molecule is CCCCOC(=O)CC(=O)C[C@H](O)CO. The van der Waals surface area contributed by atoms with Gasteiger partial charge in [-0.15, -0.1) is 0 Å². The van der Waals surface area contributed by atoms with Crippen molar-refractivity contribution in [2.75, 3.05) is 13.2 Å². The lowest BCUT2D eigenvalue weighted by atomic mass is 10.1. The van der Waals surface area contributed by atoms with Gasteiger partial charge in [0.1, 0.15) is 12.2 Å². The average molecular weight is 218 g/mol. The van der Waals surface area contributed by atoms with E-state index >= 15 is 0 Å². The molecule has 88 valence electrons. The molecule has 0 heterocycles. The fraction of sp³-hybridized carbons (Fsp3) is 0.800. The number of Topliss-reactive ketones (excluding diaryl/α,β-unsaturated/α-hetero) is 1. The maximum Gasteiger partial charge on any atom is 0.313 e. The zero-order valence-corrected chi connectivity index (χ0v) is 8.94. The van der Waals surface area contributed by atoms with Gasteiger partial charge in [0, 0.05) is 6.42 Å². The van der Waals surface area contributed by atoms with E-state index in [1.54, 1.807) is 0 Å². The second-order valence-corrected chi connectivity index (χ2v) is 3.33. The summed E-state index contributed by atoms with van der Waals surface area (Å²) in [6, 6.07) is 0. The molecular formula is C10H18O5. The smallest absolute Gasteiger partial charge is 0.313 e. The fourth-order valence-electron chi connectivity index (χ4n) is 0.942. The van der Waals surface area contributed by atoms with E-state index in [-0.39, 0.29) is 12.8 Å². The summed E-state index contributed by atoms with van der Waals surface area (Å²) in [5, 5.41) is 17.4. The van der Waals surface area contributed by atoms with E-state index in [1.807, 2.05) is 6.92 Å². The number of carbonyl (C=O) groups is 2. The van der Waals surface area contributed by atoms with Crippen molar-refractivity contribution < 1.29 is 24.5 Å². The molecule has 0 bridgehead atoms. The number of ether oxygens (including phenoxy) is 1. The van der Waals surface area contributed by atoms with Crippen LogP contribution in [0.25, 0.3) is 0 Å². The van der Waals surface area contributed by atoms with Gasteiger partial charge in [-0.25, -0.2) is 0 Å². The Morgan fingerprint density at radius 3 is 2.60 bits per heavy atom. The Kier molecular flexibility index (Phi) is 7.85. The van der Waals surface area contributed by atoms with Gasteiger partial charge in [0.2, 0.25) is 0 Å². The van der Waals surface area contributed by atoms with Crippen LogP contribution in [0.1, 0.15) is 32.6 Å². The van der Waals surface area contributed by atoms with Gasteiger partial charge < -0.3 is 14.9 Å². The lowest BCUT2D eigenvalue weighted by Gasteiger charge is -2.06. The van der Waals surface area contributed by atoms with E-state index in [2.05, 4.69) is 0 Å². The largest absolute Gasteiger partial charge is 0.465 e. The van der Waals surface area contributed by atoms with Crippen LogP contribution in [0.2, 0.25) is 0 Å². The van der Waals surface area contributed by atoms with Gasteiger partial charge in [-0.2, -0.15) is 0 Å². The Labute approximate surface area is 89.0 Å². The van der Waals surface area contributed by atoms with Gasteiger partial charge in [-0.1, -0.05) is 13.3 Å². The van der Waals surface area contributed by atoms with E-state index in [0.717, 1.165) is 12.8 Å². The molecule has 0 fully saturated rings. The molecule has 0 aromatic carbocycles. The van der Waals surface area contributed by atoms with E-state index in [0.29, 0.717) is 6.61 Å². The third-order valence-electron chi connectivity index (χ3n) is 1.78. The summed E-state index contributed by atoms with van der Waals surface area (Å²) in [5.74, 6) is -0.989. The average Bonchev–Trinajstić information content (AvgIpc) is 2.17. The first-order valence-corrected chi connectivity index (χ1v) is 5.06. The molecule has 0 aromatic rings. The number of esters is 1. The number of hydrogen-bond acceptors (Lipinski definition) is 5. The number of rotatable bonds is 8. The Balaban J connectivity index is 3.62. The van der Waals surface area contributed by atoms with Crippen molar-refractivity contribution in [2.24, 2.45) is 0 Å². The topological polar surface area (TPSA) is 83.8 Å². The van der Waals surface area contributed by atoms with E-state index in [4.69, 9.17) is 14.9 Å². The highest BCUT2D eigenvalue weighted by Crippen LogP contribution is 1.99. The minimum Gasteiger partial charge on any atom is -0.465 e. The van der Waals surface area contributed by atoms with E-state index in [1.165, 1.54) is 0 Å². The van der Waals surface area contributed by atoms with Crippen LogP contribution in [0.3, 0.4) is 0 Å². The normalized spacial score (nSPS) is 12.2. The van der Waals surface area contributed by atoms with Gasteiger partial charge in [0.05, 0.1) is 19.3 Å². The Morgan fingerprint density at radius 2 is 2.07 bits per heavy atom. The molecule has 0 radical (unpaired) electrons. The predicted octanol–water partition coefficient (Wildman–Crippen LogP) is 0.0322. The van der Waals surface area contributed by atoms with Crippen LogP contribution in [0.5, 0.6) is 0 Å². The van der Waals surface area contributed by atoms with Crippen molar-refractivity contribution in [3.8, 4) is 0 Å². The van der Waals surface area contributed by atoms with Crippen molar-refractivity contribution in [3.63, 3.8) is 0 Å². The van der Waals surface area contributed by atoms with Crippen LogP contribution in [0.4, 0.5) is 0 Å². The standard InChI is InChI=1S/C10H18O5/c1-2-3-4-15-10(14)6-8(12)5-9(13)7-11/h9,11,13H,2-7H2,1H3/t9-/m0/s1. The summed E-state index contributed by atoms with van der Waals surface area (Å²) in [7, 11) is 0. The quantitative estimate of drug-likeness (QED) is 0.341. The molecule has 0 aliphatic rings. The van der Waals surface area contributed by atoms with Crippen LogP contribution >= 0.6 is 0 Å². The molecule has 0 aromatic heterocycles. The van der Waals surface area contributed by atoms with Crippen LogP contribution in [0, 0.1) is 0 Å². The lowest BCUT2D eigenvalue weighted by Crippen LogP contribution is -2.20. The number of unbranched alkanes of at least 4 members (excludes halogenated alkanes) is 1. The van der Waals surface area contributed by atoms with Crippen LogP contribution in [-0.2, 0) is 14.3 Å². The van der Waals surface area contributed by atoms with Gasteiger partial charge in [-0.05, 0) is 6.42 Å². The zero-order chi connectivity index (χ0) is 11.7. The molecule has 1 atom stereocenters. The Morgan fingerprint density at radius 1 is 1.40 bits per heavy atom. The molecule has 0 amide bonds. The number of hydrogen-bond donors (Lipinski definition) is 2. The second-order valence-electron chi connectivity index (χ2n) is 3.33. The third-order valence-corrected chi connectivity index (χ3v) is 1.78. The molecule has 5 nitrogen and oxygen atoms in total. The number of ketones is 1. The summed E-state index contributed by atoms with van der Waals surface area (Å²) >= 11 is 0. The minimum absolute atomic E-state index is 0.209. The number of aliphatic hydroxyl groups is 2. The molecule has 0 saturated carbocycles. The number of aliphatic hydroxyl groups excluding tert-OH is 2. The van der Waals surface area contributed by atoms with Crippen LogP contribution < -0.4 is 0 Å². The molecule has 0 spiro atoms. The Bertz CT molecular complexity index is 202. The van der Waals surface area contributed by atoms with Crippen LogP contribution in [0.15, 0.2) is 0 Å². The predicted molar refractivity (Wildman–Crippen MR) is 53.2 cm³/mol. The highest BCUT2D eigenvalue weighted by atomic mass is 16.5. The van der Waals surface area contributed by atoms with E-state index < -0.39 is 24.5 Å². The van der Waals surface area contributed by atoms with Gasteiger partial charge in [-0.3, -0.25) is 9.59 Å². The van der Waals surface area contributed by atoms with Crippen molar-refractivity contribution >= 4 is 11.8 Å². The summed E-state index contributed by atoms with van der Waals surface area (Å²) in [5.41, 5.74) is 0. The highest BCUT2D eigenvalue weighted by Gasteiger charge is 2.14. The van der Waals surface area contributed by atoms with Gasteiger partial charge in [0.25, 0.3) is 0 Å². The van der Waals surface area contributed by atoms with Crippen molar-refractivity contribution in [3.05, 3.63) is 0 Å². The maximum atomic E-state index is 11.1. The summed E-state index contributed by atoms with van der Waals surface area (Å²) in [6.07, 6.45) is 0.0741. The monoisotopic (exact) mass is 218 g/mol. The molecular weight excluding hydrogens is 200 g/mol. The van der Waals surface area contributed by atoms with Gasteiger partial charge in [0.15, 0.2) is 0 Å². The summed E-state index contributed by atoms with van der Waals surface area (Å²) in [6.45, 7) is 1.82. The minimum atomic E-state index is -1.08. The van der Waals surface area contributed by atoms with E-state index in [9.17, 15) is 9.59 Å². The molecule has 0 unspecified atom stereocenters. The number of carbonyl (C=O) groups excluding carboxylic acids is 2. The first-order chi connectivity index (χ1) is 7.10. The summed E-state index contributed by atoms with van der Waals surface area (Å²) < 4.78 is 4.76. The lowest BCUT2D eigenvalue weighted by molar-refractivity contribution is -0.146. The maximum absolute atomic E-state index is 11.1. The van der Waals surface area contributed by atoms with Gasteiger partial charge >= 0.3 is 5.97 Å². The fourth-order valence-corrected chi connectivity index (χ4v) is 0.942. The third kappa shape index (κ3) is 8.08. The van der Waals surface area contributed by atoms with Crippen molar-refractivity contribution in [1.82, 2.24) is 0 Å². The van der Waals surface area contributed by atoms with Crippen LogP contribution in [-0.4, -0.2) is 41.3 Å². The first kappa shape index (κ1) is 14.1. The Hall–Kier alpha value is -0.940. The second kappa shape index (κ2) is 8.38. The van der Waals surface area contributed by atoms with Crippen molar-refractivity contribution in [1.29, 1.82) is 0 Å². The molecule has 0 saturated heterocycles.